The van der Waals surface area contributed by atoms with Crippen LogP contribution in [-0.4, -0.2) is 26.7 Å². The smallest absolute Gasteiger partial charge is 0.213 e. The summed E-state index contributed by atoms with van der Waals surface area (Å²) in [5, 5.41) is 8.01. The van der Waals surface area contributed by atoms with Crippen LogP contribution in [0.3, 0.4) is 0 Å². The van der Waals surface area contributed by atoms with Crippen LogP contribution in [0.4, 0.5) is 0 Å². The first kappa shape index (κ1) is 13.5. The molecule has 2 fully saturated rings. The lowest BCUT2D eigenvalue weighted by atomic mass is 9.89. The van der Waals surface area contributed by atoms with Crippen molar-refractivity contribution < 1.29 is 0 Å². The third-order valence-electron chi connectivity index (χ3n) is 3.94. The van der Waals surface area contributed by atoms with Crippen molar-refractivity contribution in [2.45, 2.75) is 51.0 Å². The highest BCUT2D eigenvalue weighted by Crippen LogP contribution is 2.46. The molecular weight excluding hydrogens is 324 g/mol. The van der Waals surface area contributed by atoms with Crippen molar-refractivity contribution >= 4 is 32.2 Å². The number of imidazole rings is 1. The van der Waals surface area contributed by atoms with Gasteiger partial charge >= 0.3 is 0 Å². The summed E-state index contributed by atoms with van der Waals surface area (Å²) in [5.74, 6) is 0.617. The number of fused-ring (bicyclic) bond motifs is 1. The first-order chi connectivity index (χ1) is 9.24. The Kier molecular flexibility index (Phi) is 3.66. The van der Waals surface area contributed by atoms with Gasteiger partial charge in [-0.1, -0.05) is 25.2 Å². The summed E-state index contributed by atoms with van der Waals surface area (Å²) in [6.07, 6.45) is 7.24. The maximum atomic E-state index is 4.71. The van der Waals surface area contributed by atoms with Gasteiger partial charge in [-0.15, -0.1) is 5.10 Å². The zero-order valence-corrected chi connectivity index (χ0v) is 13.7. The molecule has 1 N–H and O–H groups in total. The fraction of sp³-hybridized carbons (Fsp3) is 0.692. The van der Waals surface area contributed by atoms with Crippen LogP contribution in [0.25, 0.3) is 4.96 Å². The molecule has 2 aromatic rings. The van der Waals surface area contributed by atoms with Gasteiger partial charge in [-0.2, -0.15) is 0 Å². The molecule has 1 aliphatic carbocycles. The summed E-state index contributed by atoms with van der Waals surface area (Å²) in [4.78, 5) is 5.71. The minimum Gasteiger partial charge on any atom is -0.311 e. The van der Waals surface area contributed by atoms with E-state index >= 15 is 0 Å². The van der Waals surface area contributed by atoms with Gasteiger partial charge in [0.15, 0.2) is 3.92 Å². The third kappa shape index (κ3) is 2.58. The standard InChI is InChI=1S/C11H13BrN4S.C2H6/c12-9-15-16-6-8(14-10(16)17-9)7-1-4-13-11(5-7)2-3-11;1-2/h6-7,13H,1-5H2;1-2H3. The predicted octanol–water partition coefficient (Wildman–Crippen LogP) is 3.58. The first-order valence-corrected chi connectivity index (χ1v) is 8.62. The molecule has 1 atom stereocenters. The van der Waals surface area contributed by atoms with Gasteiger partial charge in [-0.05, 0) is 48.2 Å². The molecule has 1 saturated carbocycles. The largest absolute Gasteiger partial charge is 0.311 e. The van der Waals surface area contributed by atoms with Gasteiger partial charge in [-0.3, -0.25) is 0 Å². The van der Waals surface area contributed by atoms with Crippen LogP contribution < -0.4 is 5.32 Å². The number of rotatable bonds is 1. The van der Waals surface area contributed by atoms with Gasteiger partial charge in [0, 0.05) is 11.5 Å². The van der Waals surface area contributed by atoms with Crippen LogP contribution >= 0.6 is 27.3 Å². The Morgan fingerprint density at radius 1 is 1.47 bits per heavy atom. The van der Waals surface area contributed by atoms with Gasteiger partial charge in [0.1, 0.15) is 0 Å². The molecule has 1 unspecified atom stereocenters. The average molecular weight is 343 g/mol. The Balaban J connectivity index is 0.000000528. The van der Waals surface area contributed by atoms with Crippen molar-refractivity contribution in [3.05, 3.63) is 15.8 Å². The van der Waals surface area contributed by atoms with Gasteiger partial charge < -0.3 is 5.32 Å². The Labute approximate surface area is 125 Å². The minimum absolute atomic E-state index is 0.466. The third-order valence-corrected chi connectivity index (χ3v) is 5.29. The number of nitrogens with one attached hydrogen (secondary N) is 1. The highest BCUT2D eigenvalue weighted by Gasteiger charge is 2.46. The topological polar surface area (TPSA) is 42.2 Å². The SMILES string of the molecule is Brc1nn2cc(C3CCNC4(CC4)C3)nc2s1.CC. The molecule has 2 aliphatic rings. The van der Waals surface area contributed by atoms with Crippen LogP contribution in [0.5, 0.6) is 0 Å². The van der Waals surface area contributed by atoms with E-state index in [1.807, 2.05) is 18.4 Å². The molecule has 4 nitrogen and oxygen atoms in total. The van der Waals surface area contributed by atoms with Crippen LogP contribution in [0.1, 0.15) is 51.1 Å². The Hall–Kier alpha value is -0.460. The highest BCUT2D eigenvalue weighted by atomic mass is 79.9. The van der Waals surface area contributed by atoms with Gasteiger partial charge in [0.05, 0.1) is 11.9 Å². The first-order valence-electron chi connectivity index (χ1n) is 7.01. The van der Waals surface area contributed by atoms with Crippen LogP contribution in [0, 0.1) is 0 Å². The zero-order valence-electron chi connectivity index (χ0n) is 11.3. The van der Waals surface area contributed by atoms with Crippen molar-refractivity contribution in [1.29, 1.82) is 0 Å². The summed E-state index contributed by atoms with van der Waals surface area (Å²) < 4.78 is 2.79. The Morgan fingerprint density at radius 2 is 2.26 bits per heavy atom. The van der Waals surface area contributed by atoms with Crippen molar-refractivity contribution in [2.75, 3.05) is 6.54 Å². The Morgan fingerprint density at radius 3 is 2.95 bits per heavy atom. The number of piperidine rings is 1. The molecule has 0 aromatic carbocycles. The van der Waals surface area contributed by atoms with E-state index in [9.17, 15) is 0 Å². The summed E-state index contributed by atoms with van der Waals surface area (Å²) in [5.41, 5.74) is 1.69. The molecule has 0 amide bonds. The van der Waals surface area contributed by atoms with E-state index in [1.165, 1.54) is 31.4 Å². The monoisotopic (exact) mass is 342 g/mol. The van der Waals surface area contributed by atoms with E-state index in [4.69, 9.17) is 4.98 Å². The lowest BCUT2D eigenvalue weighted by molar-refractivity contribution is 0.342. The van der Waals surface area contributed by atoms with Crippen molar-refractivity contribution in [2.24, 2.45) is 0 Å². The molecule has 19 heavy (non-hydrogen) atoms. The number of hydrogen-bond acceptors (Lipinski definition) is 4. The van der Waals surface area contributed by atoms with Crippen molar-refractivity contribution in [1.82, 2.24) is 19.9 Å². The second kappa shape index (κ2) is 5.14. The second-order valence-electron chi connectivity index (χ2n) is 5.14. The maximum absolute atomic E-state index is 4.71. The molecule has 1 saturated heterocycles. The number of aromatic nitrogens is 3. The highest BCUT2D eigenvalue weighted by molar-refractivity contribution is 9.11. The lowest BCUT2D eigenvalue weighted by Gasteiger charge is -2.29. The van der Waals surface area contributed by atoms with Gasteiger partial charge in [0.2, 0.25) is 4.96 Å². The minimum atomic E-state index is 0.466. The maximum Gasteiger partial charge on any atom is 0.213 e. The Bertz CT molecular complexity index is 541. The molecule has 3 heterocycles. The fourth-order valence-corrected chi connectivity index (χ4v) is 4.05. The normalized spacial score (nSPS) is 24.3. The summed E-state index contributed by atoms with van der Waals surface area (Å²) >= 11 is 4.98. The number of nitrogens with zero attached hydrogens (tertiary/aromatic N) is 3. The molecule has 1 aliphatic heterocycles. The number of hydrogen-bond donors (Lipinski definition) is 1. The zero-order chi connectivity index (χ0) is 13.5. The van der Waals surface area contributed by atoms with E-state index < -0.39 is 0 Å². The molecule has 6 heteroatoms. The molecular formula is C13H19BrN4S. The van der Waals surface area contributed by atoms with Gasteiger partial charge in [0.25, 0.3) is 0 Å². The number of halogens is 1. The summed E-state index contributed by atoms with van der Waals surface area (Å²) in [6, 6.07) is 0. The van der Waals surface area contributed by atoms with E-state index in [-0.39, 0.29) is 0 Å². The van der Waals surface area contributed by atoms with Crippen LogP contribution in [0.15, 0.2) is 10.1 Å². The predicted molar refractivity (Wildman–Crippen MR) is 81.9 cm³/mol. The van der Waals surface area contributed by atoms with Crippen LogP contribution in [0.2, 0.25) is 0 Å². The van der Waals surface area contributed by atoms with Crippen LogP contribution in [-0.2, 0) is 0 Å². The van der Waals surface area contributed by atoms with Crippen molar-refractivity contribution in [3.8, 4) is 0 Å². The van der Waals surface area contributed by atoms with E-state index in [0.29, 0.717) is 11.5 Å². The average Bonchev–Trinajstić information content (AvgIpc) is 2.89. The summed E-state index contributed by atoms with van der Waals surface area (Å²) in [6.45, 7) is 5.13. The quantitative estimate of drug-likeness (QED) is 0.861. The van der Waals surface area contributed by atoms with E-state index in [0.717, 1.165) is 15.4 Å². The van der Waals surface area contributed by atoms with E-state index in [2.05, 4.69) is 32.5 Å². The van der Waals surface area contributed by atoms with E-state index in [1.54, 1.807) is 11.3 Å². The molecule has 104 valence electrons. The fourth-order valence-electron chi connectivity index (χ4n) is 2.83. The van der Waals surface area contributed by atoms with Gasteiger partial charge in [-0.25, -0.2) is 9.50 Å². The molecule has 1 spiro atoms. The second-order valence-corrected chi connectivity index (χ2v) is 7.38. The summed E-state index contributed by atoms with van der Waals surface area (Å²) in [7, 11) is 0. The lowest BCUT2D eigenvalue weighted by Crippen LogP contribution is -2.39. The molecule has 0 radical (unpaired) electrons. The van der Waals surface area contributed by atoms with Crippen molar-refractivity contribution in [3.63, 3.8) is 0 Å². The molecule has 4 rings (SSSR count). The molecule has 2 aromatic heterocycles. The molecule has 0 bridgehead atoms.